The molecule has 1 N–H and O–H groups in total. The van der Waals surface area contributed by atoms with Crippen molar-refractivity contribution in [3.63, 3.8) is 0 Å². The van der Waals surface area contributed by atoms with Gasteiger partial charge in [0.25, 0.3) is 0 Å². The van der Waals surface area contributed by atoms with Crippen LogP contribution in [0.5, 0.6) is 0 Å². The highest BCUT2D eigenvalue weighted by Crippen LogP contribution is 2.32. The fourth-order valence-corrected chi connectivity index (χ4v) is 2.94. The van der Waals surface area contributed by atoms with Crippen molar-refractivity contribution in [3.8, 4) is 0 Å². The molecule has 0 saturated heterocycles. The zero-order valence-electron chi connectivity index (χ0n) is 11.3. The second kappa shape index (κ2) is 5.70. The quantitative estimate of drug-likeness (QED) is 0.516. The Morgan fingerprint density at radius 3 is 2.52 bits per heavy atom. The molecule has 4 heteroatoms. The lowest BCUT2D eigenvalue weighted by molar-refractivity contribution is 0.0979. The minimum atomic E-state index is -0.513. The maximum atomic E-state index is 12.8. The van der Waals surface area contributed by atoms with E-state index in [0.717, 1.165) is 17.5 Å². The lowest BCUT2D eigenvalue weighted by Gasteiger charge is -2.25. The number of halogens is 1. The Hall–Kier alpha value is -2.13. The number of hydrogen-bond donors (Lipinski definition) is 1. The first kappa shape index (κ1) is 13.8. The zero-order chi connectivity index (χ0) is 14.8. The fourth-order valence-electron chi connectivity index (χ4n) is 2.81. The van der Waals surface area contributed by atoms with E-state index in [-0.39, 0.29) is 5.78 Å². The second-order valence-corrected chi connectivity index (χ2v) is 5.53. The highest BCUT2D eigenvalue weighted by molar-refractivity contribution is 6.30. The number of carbonyl (C=O) groups is 1. The largest absolute Gasteiger partial charge is 0.411 e. The third-order valence-corrected chi connectivity index (χ3v) is 4.12. The normalized spacial score (nSPS) is 19.3. The molecule has 0 radical (unpaired) electrons. The maximum Gasteiger partial charge on any atom is 0.176 e. The summed E-state index contributed by atoms with van der Waals surface area (Å²) in [5, 5.41) is 13.2. The van der Waals surface area contributed by atoms with Crippen LogP contribution in [0.3, 0.4) is 0 Å². The third-order valence-electron chi connectivity index (χ3n) is 3.87. The van der Waals surface area contributed by atoms with Crippen molar-refractivity contribution in [1.29, 1.82) is 0 Å². The molecule has 1 aliphatic carbocycles. The molecule has 0 aliphatic heterocycles. The monoisotopic (exact) mass is 299 g/mol. The van der Waals surface area contributed by atoms with Crippen LogP contribution in [0.1, 0.15) is 33.8 Å². The first-order valence-corrected chi connectivity index (χ1v) is 7.17. The van der Waals surface area contributed by atoms with Gasteiger partial charge >= 0.3 is 0 Å². The summed E-state index contributed by atoms with van der Waals surface area (Å²) >= 11 is 5.86. The van der Waals surface area contributed by atoms with E-state index in [1.807, 2.05) is 24.3 Å². The van der Waals surface area contributed by atoms with Crippen molar-refractivity contribution in [1.82, 2.24) is 0 Å². The Labute approximate surface area is 127 Å². The number of nitrogens with zero attached hydrogens (tertiary/aromatic N) is 1. The molecular formula is C17H14ClNO2. The Morgan fingerprint density at radius 1 is 1.10 bits per heavy atom. The van der Waals surface area contributed by atoms with E-state index in [1.54, 1.807) is 24.3 Å². The summed E-state index contributed by atoms with van der Waals surface area (Å²) in [7, 11) is 0. The summed E-state index contributed by atoms with van der Waals surface area (Å²) in [6, 6.07) is 14.6. The predicted octanol–water partition coefficient (Wildman–Crippen LogP) is 4.08. The molecular weight excluding hydrogens is 286 g/mol. The number of fused-ring (bicyclic) bond motifs is 1. The lowest BCUT2D eigenvalue weighted by atomic mass is 9.77. The van der Waals surface area contributed by atoms with Crippen LogP contribution in [0, 0.1) is 0 Å². The topological polar surface area (TPSA) is 49.7 Å². The van der Waals surface area contributed by atoms with E-state index in [2.05, 4.69) is 5.16 Å². The van der Waals surface area contributed by atoms with Crippen LogP contribution >= 0.6 is 11.6 Å². The molecule has 0 aromatic heterocycles. The number of aryl methyl sites for hydroxylation is 1. The minimum Gasteiger partial charge on any atom is -0.411 e. The van der Waals surface area contributed by atoms with Gasteiger partial charge in [-0.1, -0.05) is 41.0 Å². The van der Waals surface area contributed by atoms with Crippen molar-refractivity contribution in [2.45, 2.75) is 18.8 Å². The third kappa shape index (κ3) is 2.57. The lowest BCUT2D eigenvalue weighted by Crippen LogP contribution is -2.27. The number of hydrogen-bond acceptors (Lipinski definition) is 3. The van der Waals surface area contributed by atoms with Crippen LogP contribution in [-0.2, 0) is 6.42 Å². The van der Waals surface area contributed by atoms with Gasteiger partial charge in [-0.3, -0.25) is 4.79 Å². The van der Waals surface area contributed by atoms with Gasteiger partial charge in [0.2, 0.25) is 0 Å². The van der Waals surface area contributed by atoms with Gasteiger partial charge in [0.1, 0.15) is 0 Å². The van der Waals surface area contributed by atoms with Crippen LogP contribution in [0.4, 0.5) is 0 Å². The second-order valence-electron chi connectivity index (χ2n) is 5.09. The summed E-state index contributed by atoms with van der Waals surface area (Å²) in [5.74, 6) is -0.576. The Balaban J connectivity index is 2.06. The molecule has 3 rings (SSSR count). The molecule has 0 fully saturated rings. The van der Waals surface area contributed by atoms with Crippen molar-refractivity contribution < 1.29 is 10.0 Å². The zero-order valence-corrected chi connectivity index (χ0v) is 12.0. The summed E-state index contributed by atoms with van der Waals surface area (Å²) < 4.78 is 0. The number of benzene rings is 2. The van der Waals surface area contributed by atoms with Crippen molar-refractivity contribution in [2.24, 2.45) is 5.16 Å². The van der Waals surface area contributed by atoms with E-state index in [4.69, 9.17) is 11.6 Å². The van der Waals surface area contributed by atoms with Gasteiger partial charge in [0, 0.05) is 10.6 Å². The molecule has 0 heterocycles. The smallest absolute Gasteiger partial charge is 0.176 e. The van der Waals surface area contributed by atoms with Gasteiger partial charge in [-0.05, 0) is 48.2 Å². The van der Waals surface area contributed by atoms with Gasteiger partial charge in [0.15, 0.2) is 5.78 Å². The van der Waals surface area contributed by atoms with Gasteiger partial charge in [-0.2, -0.15) is 0 Å². The van der Waals surface area contributed by atoms with E-state index in [1.165, 1.54) is 0 Å². The van der Waals surface area contributed by atoms with Gasteiger partial charge < -0.3 is 5.21 Å². The first-order valence-electron chi connectivity index (χ1n) is 6.79. The van der Waals surface area contributed by atoms with Crippen molar-refractivity contribution in [2.75, 3.05) is 0 Å². The average molecular weight is 300 g/mol. The molecule has 21 heavy (non-hydrogen) atoms. The fraction of sp³-hybridized carbons (Fsp3) is 0.176. The molecule has 0 spiro atoms. The van der Waals surface area contributed by atoms with Crippen molar-refractivity contribution in [3.05, 3.63) is 70.2 Å². The van der Waals surface area contributed by atoms with Crippen LogP contribution in [0.15, 0.2) is 53.7 Å². The van der Waals surface area contributed by atoms with E-state index >= 15 is 0 Å². The van der Waals surface area contributed by atoms with Crippen LogP contribution in [0.25, 0.3) is 0 Å². The standard InChI is InChI=1S/C17H14ClNO2/c18-13-8-5-12(6-9-13)17(20)16-14-4-2-1-3-11(14)7-10-15(16)19-21/h1-6,8-9,16,21H,7,10H2/b19-15-. The molecule has 0 saturated carbocycles. The molecule has 0 amide bonds. The van der Waals surface area contributed by atoms with E-state index in [9.17, 15) is 10.0 Å². The molecule has 2 aromatic carbocycles. The molecule has 2 aromatic rings. The molecule has 0 bridgehead atoms. The van der Waals surface area contributed by atoms with E-state index in [0.29, 0.717) is 22.7 Å². The average Bonchev–Trinajstić information content (AvgIpc) is 2.53. The highest BCUT2D eigenvalue weighted by atomic mass is 35.5. The Kier molecular flexibility index (Phi) is 3.76. The Morgan fingerprint density at radius 2 is 1.81 bits per heavy atom. The van der Waals surface area contributed by atoms with Crippen molar-refractivity contribution >= 4 is 23.1 Å². The summed E-state index contributed by atoms with van der Waals surface area (Å²) in [4.78, 5) is 12.8. The summed E-state index contributed by atoms with van der Waals surface area (Å²) in [5.41, 5.74) is 3.16. The van der Waals surface area contributed by atoms with Gasteiger partial charge in [-0.25, -0.2) is 0 Å². The van der Waals surface area contributed by atoms with Gasteiger partial charge in [-0.15, -0.1) is 0 Å². The summed E-state index contributed by atoms with van der Waals surface area (Å²) in [6.45, 7) is 0. The van der Waals surface area contributed by atoms with Crippen LogP contribution in [-0.4, -0.2) is 16.7 Å². The number of oxime groups is 1. The van der Waals surface area contributed by atoms with Crippen LogP contribution < -0.4 is 0 Å². The maximum absolute atomic E-state index is 12.8. The first-order chi connectivity index (χ1) is 10.2. The predicted molar refractivity (Wildman–Crippen MR) is 82.5 cm³/mol. The number of Topliss-reactive ketones (excluding diaryl/α,β-unsaturated/α-hetero) is 1. The highest BCUT2D eigenvalue weighted by Gasteiger charge is 2.32. The SMILES string of the molecule is O=C(c1ccc(Cl)cc1)C1/C(=N\O)CCc2ccccc21. The molecule has 1 atom stereocenters. The number of rotatable bonds is 2. The van der Waals surface area contributed by atoms with E-state index < -0.39 is 5.92 Å². The number of ketones is 1. The Bertz CT molecular complexity index is 707. The minimum absolute atomic E-state index is 0.0633. The molecule has 3 nitrogen and oxygen atoms in total. The number of carbonyl (C=O) groups excluding carboxylic acids is 1. The van der Waals surface area contributed by atoms with Gasteiger partial charge in [0.05, 0.1) is 11.6 Å². The molecule has 1 unspecified atom stereocenters. The molecule has 1 aliphatic rings. The van der Waals surface area contributed by atoms with Crippen LogP contribution in [0.2, 0.25) is 5.02 Å². The molecule has 106 valence electrons. The summed E-state index contributed by atoms with van der Waals surface area (Å²) in [6.07, 6.45) is 1.39.